The second kappa shape index (κ2) is 7.08. The second-order valence-corrected chi connectivity index (χ2v) is 5.60. The van der Waals surface area contributed by atoms with Crippen molar-refractivity contribution in [1.29, 1.82) is 0 Å². The molecule has 0 radical (unpaired) electrons. The molecule has 1 aromatic heterocycles. The largest absolute Gasteiger partial charge is 0.462 e. The molecule has 0 amide bonds. The number of esters is 1. The topological polar surface area (TPSA) is 77.2 Å². The Balaban J connectivity index is 2.05. The Morgan fingerprint density at radius 2 is 2.33 bits per heavy atom. The van der Waals surface area contributed by atoms with E-state index in [9.17, 15) is 4.79 Å². The zero-order valence-electron chi connectivity index (χ0n) is 12.1. The Kier molecular flexibility index (Phi) is 5.16. The smallest absolute Gasteiger partial charge is 0.338 e. The van der Waals surface area contributed by atoms with E-state index in [1.165, 1.54) is 0 Å². The molecule has 0 aliphatic rings. The highest BCUT2D eigenvalue weighted by Gasteiger charge is 2.11. The Bertz CT molecular complexity index is 599. The van der Waals surface area contributed by atoms with Crippen LogP contribution in [0, 0.1) is 0 Å². The van der Waals surface area contributed by atoms with Gasteiger partial charge in [0.2, 0.25) is 0 Å². The number of nitrogens with zero attached hydrogens (tertiary/aromatic N) is 1. The zero-order valence-corrected chi connectivity index (χ0v) is 12.9. The minimum atomic E-state index is -0.339. The number of anilines is 2. The van der Waals surface area contributed by atoms with Crippen LogP contribution in [0.2, 0.25) is 0 Å². The van der Waals surface area contributed by atoms with Crippen LogP contribution in [0.4, 0.5) is 11.4 Å². The van der Waals surface area contributed by atoms with Crippen LogP contribution in [0.15, 0.2) is 29.8 Å². The van der Waals surface area contributed by atoms with E-state index in [1.807, 2.05) is 5.38 Å². The highest BCUT2D eigenvalue weighted by atomic mass is 32.1. The molecular weight excluding hydrogens is 286 g/mol. The summed E-state index contributed by atoms with van der Waals surface area (Å²) in [6.07, 6.45) is 1.80. The SMILES string of the molecule is CCOC(=O)c1ccc(N)c(NCC(C)c2nccs2)c1. The lowest BCUT2D eigenvalue weighted by molar-refractivity contribution is 0.0526. The number of nitrogens with two attached hydrogens (primary N) is 1. The fourth-order valence-corrected chi connectivity index (χ4v) is 2.58. The van der Waals surface area contributed by atoms with Crippen LogP contribution in [0.25, 0.3) is 0 Å². The lowest BCUT2D eigenvalue weighted by Gasteiger charge is -2.14. The third kappa shape index (κ3) is 3.95. The van der Waals surface area contributed by atoms with E-state index < -0.39 is 0 Å². The summed E-state index contributed by atoms with van der Waals surface area (Å²) in [6, 6.07) is 5.10. The lowest BCUT2D eigenvalue weighted by atomic mass is 10.1. The summed E-state index contributed by atoms with van der Waals surface area (Å²) in [7, 11) is 0. The van der Waals surface area contributed by atoms with Crippen LogP contribution in [-0.2, 0) is 4.74 Å². The zero-order chi connectivity index (χ0) is 15.2. The van der Waals surface area contributed by atoms with Crippen LogP contribution in [-0.4, -0.2) is 24.1 Å². The molecule has 1 heterocycles. The van der Waals surface area contributed by atoms with Gasteiger partial charge in [0.1, 0.15) is 0 Å². The first-order chi connectivity index (χ1) is 10.1. The Labute approximate surface area is 128 Å². The third-order valence-electron chi connectivity index (χ3n) is 3.04. The number of aromatic nitrogens is 1. The Morgan fingerprint density at radius 3 is 3.00 bits per heavy atom. The van der Waals surface area contributed by atoms with E-state index in [0.29, 0.717) is 24.4 Å². The van der Waals surface area contributed by atoms with Gasteiger partial charge in [-0.15, -0.1) is 11.3 Å². The summed E-state index contributed by atoms with van der Waals surface area (Å²) >= 11 is 1.63. The summed E-state index contributed by atoms with van der Waals surface area (Å²) in [4.78, 5) is 16.0. The summed E-state index contributed by atoms with van der Waals surface area (Å²) in [5.74, 6) is -0.0656. The van der Waals surface area contributed by atoms with Gasteiger partial charge in [-0.3, -0.25) is 0 Å². The van der Waals surface area contributed by atoms with Crippen LogP contribution < -0.4 is 11.1 Å². The third-order valence-corrected chi connectivity index (χ3v) is 4.04. The molecule has 3 N–H and O–H groups in total. The summed E-state index contributed by atoms with van der Waals surface area (Å²) in [5.41, 5.74) is 7.78. The molecule has 0 aliphatic heterocycles. The van der Waals surface area contributed by atoms with E-state index in [4.69, 9.17) is 10.5 Å². The Hall–Kier alpha value is -2.08. The van der Waals surface area contributed by atoms with Crippen LogP contribution >= 0.6 is 11.3 Å². The molecule has 112 valence electrons. The molecule has 0 bridgehead atoms. The Morgan fingerprint density at radius 1 is 1.52 bits per heavy atom. The normalized spacial score (nSPS) is 11.9. The number of benzene rings is 1. The average molecular weight is 305 g/mol. The minimum absolute atomic E-state index is 0.274. The van der Waals surface area contributed by atoms with Crippen molar-refractivity contribution in [2.24, 2.45) is 0 Å². The summed E-state index contributed by atoms with van der Waals surface area (Å²) in [6.45, 7) is 4.93. The number of hydrogen-bond acceptors (Lipinski definition) is 6. The number of nitrogens with one attached hydrogen (secondary N) is 1. The first-order valence-corrected chi connectivity index (χ1v) is 7.69. The van der Waals surface area contributed by atoms with Crippen molar-refractivity contribution in [2.75, 3.05) is 24.2 Å². The summed E-state index contributed by atoms with van der Waals surface area (Å²) < 4.78 is 4.99. The van der Waals surface area contributed by atoms with Crippen LogP contribution in [0.5, 0.6) is 0 Å². The van der Waals surface area contributed by atoms with Crippen molar-refractivity contribution in [3.8, 4) is 0 Å². The van der Waals surface area contributed by atoms with Gasteiger partial charge >= 0.3 is 5.97 Å². The average Bonchev–Trinajstić information content (AvgIpc) is 3.00. The molecule has 2 rings (SSSR count). The molecular formula is C15H19N3O2S. The molecule has 0 saturated heterocycles. The van der Waals surface area contributed by atoms with Crippen LogP contribution in [0.1, 0.15) is 35.1 Å². The fourth-order valence-electron chi connectivity index (χ4n) is 1.88. The predicted molar refractivity (Wildman–Crippen MR) is 85.8 cm³/mol. The van der Waals surface area contributed by atoms with Crippen molar-refractivity contribution >= 4 is 28.7 Å². The summed E-state index contributed by atoms with van der Waals surface area (Å²) in [5, 5.41) is 6.30. The van der Waals surface area contributed by atoms with Gasteiger partial charge in [-0.2, -0.15) is 0 Å². The van der Waals surface area contributed by atoms with E-state index in [-0.39, 0.29) is 11.9 Å². The fraction of sp³-hybridized carbons (Fsp3) is 0.333. The van der Waals surface area contributed by atoms with Gasteiger partial charge in [0.25, 0.3) is 0 Å². The van der Waals surface area contributed by atoms with Gasteiger partial charge in [0.05, 0.1) is 28.6 Å². The van der Waals surface area contributed by atoms with Gasteiger partial charge in [-0.25, -0.2) is 9.78 Å². The number of thiazole rings is 1. The van der Waals surface area contributed by atoms with Gasteiger partial charge in [0, 0.05) is 24.0 Å². The number of rotatable bonds is 6. The molecule has 6 heteroatoms. The number of carbonyl (C=O) groups excluding carboxylic acids is 1. The first kappa shape index (κ1) is 15.3. The molecule has 1 atom stereocenters. The predicted octanol–water partition coefficient (Wildman–Crippen LogP) is 3.12. The highest BCUT2D eigenvalue weighted by molar-refractivity contribution is 7.09. The van der Waals surface area contributed by atoms with Crippen molar-refractivity contribution in [2.45, 2.75) is 19.8 Å². The van der Waals surface area contributed by atoms with E-state index in [0.717, 1.165) is 10.7 Å². The van der Waals surface area contributed by atoms with Crippen molar-refractivity contribution in [1.82, 2.24) is 4.98 Å². The monoisotopic (exact) mass is 305 g/mol. The molecule has 1 unspecified atom stereocenters. The van der Waals surface area contributed by atoms with E-state index >= 15 is 0 Å². The second-order valence-electron chi connectivity index (χ2n) is 4.67. The molecule has 0 fully saturated rings. The van der Waals surface area contributed by atoms with Crippen LogP contribution in [0.3, 0.4) is 0 Å². The van der Waals surface area contributed by atoms with E-state index in [2.05, 4.69) is 17.2 Å². The lowest BCUT2D eigenvalue weighted by Crippen LogP contribution is -2.12. The maximum absolute atomic E-state index is 11.7. The molecule has 2 aromatic rings. The molecule has 0 saturated carbocycles. The molecule has 0 spiro atoms. The molecule has 0 aliphatic carbocycles. The van der Waals surface area contributed by atoms with Gasteiger partial charge < -0.3 is 15.8 Å². The minimum Gasteiger partial charge on any atom is -0.462 e. The number of hydrogen-bond donors (Lipinski definition) is 2. The molecule has 21 heavy (non-hydrogen) atoms. The quantitative estimate of drug-likeness (QED) is 0.633. The number of nitrogen functional groups attached to an aromatic ring is 1. The van der Waals surface area contributed by atoms with Crippen molar-refractivity contribution in [3.05, 3.63) is 40.3 Å². The molecule has 5 nitrogen and oxygen atoms in total. The maximum Gasteiger partial charge on any atom is 0.338 e. The first-order valence-electron chi connectivity index (χ1n) is 6.81. The maximum atomic E-state index is 11.7. The molecule has 1 aromatic carbocycles. The van der Waals surface area contributed by atoms with Gasteiger partial charge in [-0.05, 0) is 25.1 Å². The highest BCUT2D eigenvalue weighted by Crippen LogP contribution is 2.23. The standard InChI is InChI=1S/C15H19N3O2S/c1-3-20-15(19)11-4-5-12(16)13(8-11)18-9-10(2)14-17-6-7-21-14/h4-8,10,18H,3,9,16H2,1-2H3. The number of ether oxygens (including phenoxy) is 1. The van der Waals surface area contributed by atoms with Crippen molar-refractivity contribution < 1.29 is 9.53 Å². The van der Waals surface area contributed by atoms with Gasteiger partial charge in [-0.1, -0.05) is 6.92 Å². The number of carbonyl (C=O) groups is 1. The van der Waals surface area contributed by atoms with Gasteiger partial charge in [0.15, 0.2) is 0 Å². The van der Waals surface area contributed by atoms with E-state index in [1.54, 1.807) is 42.7 Å². The van der Waals surface area contributed by atoms with Crippen molar-refractivity contribution in [3.63, 3.8) is 0 Å².